The van der Waals surface area contributed by atoms with Crippen molar-refractivity contribution in [3.05, 3.63) is 118 Å². The standard InChI is InChI=1S/C24H19ClN4O2/c25-23-22(16-27-29(24(23)30)20-11-5-2-6-12-20)28-26-15-19-10-7-13-21(14-19)31-17-18-8-3-1-4-9-18/h1-16,28H,17H2/b26-15+. The van der Waals surface area contributed by atoms with E-state index in [1.165, 1.54) is 10.9 Å². The Morgan fingerprint density at radius 1 is 1.00 bits per heavy atom. The van der Waals surface area contributed by atoms with Crippen molar-refractivity contribution >= 4 is 23.5 Å². The van der Waals surface area contributed by atoms with Gasteiger partial charge in [0.05, 0.1) is 18.1 Å². The minimum atomic E-state index is -0.427. The van der Waals surface area contributed by atoms with E-state index in [-0.39, 0.29) is 5.02 Å². The molecule has 3 aromatic carbocycles. The van der Waals surface area contributed by atoms with E-state index in [0.717, 1.165) is 16.9 Å². The zero-order valence-electron chi connectivity index (χ0n) is 16.5. The number of nitrogens with one attached hydrogen (secondary N) is 1. The van der Waals surface area contributed by atoms with Gasteiger partial charge < -0.3 is 4.74 Å². The molecule has 6 nitrogen and oxygen atoms in total. The van der Waals surface area contributed by atoms with Gasteiger partial charge in [-0.05, 0) is 35.4 Å². The van der Waals surface area contributed by atoms with Crippen molar-refractivity contribution < 1.29 is 4.74 Å². The third-order valence-electron chi connectivity index (χ3n) is 4.42. The van der Waals surface area contributed by atoms with Gasteiger partial charge >= 0.3 is 0 Å². The predicted octanol–water partition coefficient (Wildman–Crippen LogP) is 4.91. The maximum atomic E-state index is 12.5. The number of ether oxygens (including phenoxy) is 1. The smallest absolute Gasteiger partial charge is 0.292 e. The molecule has 0 radical (unpaired) electrons. The maximum absolute atomic E-state index is 12.5. The van der Waals surface area contributed by atoms with E-state index in [1.807, 2.05) is 72.8 Å². The van der Waals surface area contributed by atoms with Crippen LogP contribution in [-0.2, 0) is 6.61 Å². The van der Waals surface area contributed by atoms with Crippen LogP contribution in [0.2, 0.25) is 5.02 Å². The normalized spacial score (nSPS) is 10.9. The Balaban J connectivity index is 1.43. The molecule has 0 saturated carbocycles. The first-order chi connectivity index (χ1) is 15.2. The number of benzene rings is 3. The zero-order chi connectivity index (χ0) is 21.5. The summed E-state index contributed by atoms with van der Waals surface area (Å²) in [5, 5.41) is 8.35. The van der Waals surface area contributed by atoms with Crippen molar-refractivity contribution in [2.75, 3.05) is 5.43 Å². The van der Waals surface area contributed by atoms with Crippen LogP contribution in [0.15, 0.2) is 101 Å². The molecule has 7 heteroatoms. The second kappa shape index (κ2) is 9.73. The SMILES string of the molecule is O=c1c(Cl)c(N/N=C/c2cccc(OCc3ccccc3)c2)cnn1-c1ccccc1. The van der Waals surface area contributed by atoms with Crippen LogP contribution in [0.3, 0.4) is 0 Å². The summed E-state index contributed by atoms with van der Waals surface area (Å²) in [5.74, 6) is 0.734. The largest absolute Gasteiger partial charge is 0.489 e. The summed E-state index contributed by atoms with van der Waals surface area (Å²) >= 11 is 6.22. The van der Waals surface area contributed by atoms with Crippen LogP contribution in [-0.4, -0.2) is 16.0 Å². The van der Waals surface area contributed by atoms with Crippen LogP contribution >= 0.6 is 11.6 Å². The van der Waals surface area contributed by atoms with Crippen molar-refractivity contribution in [3.63, 3.8) is 0 Å². The van der Waals surface area contributed by atoms with E-state index < -0.39 is 5.56 Å². The van der Waals surface area contributed by atoms with Crippen LogP contribution in [0.1, 0.15) is 11.1 Å². The Morgan fingerprint density at radius 3 is 2.52 bits per heavy atom. The molecular weight excluding hydrogens is 412 g/mol. The number of para-hydroxylation sites is 1. The molecule has 4 aromatic rings. The van der Waals surface area contributed by atoms with E-state index in [4.69, 9.17) is 16.3 Å². The number of aromatic nitrogens is 2. The average Bonchev–Trinajstić information content (AvgIpc) is 2.82. The van der Waals surface area contributed by atoms with Gasteiger partial charge in [0.2, 0.25) is 0 Å². The van der Waals surface area contributed by atoms with Crippen molar-refractivity contribution in [1.29, 1.82) is 0 Å². The van der Waals surface area contributed by atoms with Crippen LogP contribution < -0.4 is 15.7 Å². The van der Waals surface area contributed by atoms with E-state index in [2.05, 4.69) is 15.6 Å². The Bertz CT molecular complexity index is 1240. The number of nitrogens with zero attached hydrogens (tertiary/aromatic N) is 3. The second-order valence-electron chi connectivity index (χ2n) is 6.64. The van der Waals surface area contributed by atoms with Crippen molar-refractivity contribution in [2.45, 2.75) is 6.61 Å². The average molecular weight is 431 g/mol. The number of hydrogen-bond donors (Lipinski definition) is 1. The third kappa shape index (κ3) is 5.18. The molecular formula is C24H19ClN4O2. The van der Waals surface area contributed by atoms with Gasteiger partial charge in [-0.25, -0.2) is 0 Å². The Labute approximate surface area is 184 Å². The molecule has 0 unspecified atom stereocenters. The first-order valence-electron chi connectivity index (χ1n) is 9.60. The summed E-state index contributed by atoms with van der Waals surface area (Å²) in [6, 6.07) is 26.6. The molecule has 1 N–H and O–H groups in total. The van der Waals surface area contributed by atoms with E-state index in [9.17, 15) is 4.79 Å². The number of halogens is 1. The molecule has 0 aliphatic carbocycles. The molecule has 0 saturated heterocycles. The highest BCUT2D eigenvalue weighted by atomic mass is 35.5. The lowest BCUT2D eigenvalue weighted by molar-refractivity contribution is 0.306. The molecule has 0 fully saturated rings. The molecule has 0 aliphatic rings. The fourth-order valence-electron chi connectivity index (χ4n) is 2.87. The molecule has 31 heavy (non-hydrogen) atoms. The lowest BCUT2D eigenvalue weighted by atomic mass is 10.2. The van der Waals surface area contributed by atoms with Gasteiger partial charge in [-0.3, -0.25) is 10.2 Å². The molecule has 0 atom stereocenters. The third-order valence-corrected chi connectivity index (χ3v) is 4.79. The number of hydrogen-bond acceptors (Lipinski definition) is 5. The van der Waals surface area contributed by atoms with E-state index in [0.29, 0.717) is 18.0 Å². The molecule has 0 amide bonds. The fourth-order valence-corrected chi connectivity index (χ4v) is 3.04. The summed E-state index contributed by atoms with van der Waals surface area (Å²) in [4.78, 5) is 12.5. The molecule has 0 aliphatic heterocycles. The second-order valence-corrected chi connectivity index (χ2v) is 7.02. The predicted molar refractivity (Wildman–Crippen MR) is 123 cm³/mol. The number of hydrazone groups is 1. The summed E-state index contributed by atoms with van der Waals surface area (Å²) < 4.78 is 7.07. The van der Waals surface area contributed by atoms with Gasteiger partial charge in [0.25, 0.3) is 5.56 Å². The van der Waals surface area contributed by atoms with Crippen molar-refractivity contribution in [1.82, 2.24) is 9.78 Å². The Hall–Kier alpha value is -3.90. The van der Waals surface area contributed by atoms with E-state index in [1.54, 1.807) is 18.3 Å². The zero-order valence-corrected chi connectivity index (χ0v) is 17.2. The van der Waals surface area contributed by atoms with Crippen LogP contribution in [0.25, 0.3) is 5.69 Å². The topological polar surface area (TPSA) is 68.5 Å². The van der Waals surface area contributed by atoms with Gasteiger partial charge in [-0.2, -0.15) is 14.9 Å². The monoisotopic (exact) mass is 430 g/mol. The highest BCUT2D eigenvalue weighted by Gasteiger charge is 2.10. The highest BCUT2D eigenvalue weighted by molar-refractivity contribution is 6.32. The highest BCUT2D eigenvalue weighted by Crippen LogP contribution is 2.17. The molecule has 1 heterocycles. The van der Waals surface area contributed by atoms with Crippen LogP contribution in [0.4, 0.5) is 5.69 Å². The Morgan fingerprint density at radius 2 is 1.74 bits per heavy atom. The van der Waals surface area contributed by atoms with E-state index >= 15 is 0 Å². The first-order valence-corrected chi connectivity index (χ1v) is 9.97. The van der Waals surface area contributed by atoms with Gasteiger partial charge in [-0.15, -0.1) is 0 Å². The van der Waals surface area contributed by atoms with Gasteiger partial charge in [0.15, 0.2) is 0 Å². The van der Waals surface area contributed by atoms with Crippen molar-refractivity contribution in [3.8, 4) is 11.4 Å². The summed E-state index contributed by atoms with van der Waals surface area (Å²) in [7, 11) is 0. The van der Waals surface area contributed by atoms with Crippen LogP contribution in [0, 0.1) is 0 Å². The molecule has 154 valence electrons. The Kier molecular flexibility index (Phi) is 6.40. The molecule has 1 aromatic heterocycles. The lowest BCUT2D eigenvalue weighted by Crippen LogP contribution is -2.22. The van der Waals surface area contributed by atoms with Gasteiger partial charge in [0.1, 0.15) is 23.1 Å². The summed E-state index contributed by atoms with van der Waals surface area (Å²) in [6.07, 6.45) is 3.09. The molecule has 0 spiro atoms. The minimum absolute atomic E-state index is 0.0101. The lowest BCUT2D eigenvalue weighted by Gasteiger charge is -2.08. The number of rotatable bonds is 7. The quantitative estimate of drug-likeness (QED) is 0.334. The van der Waals surface area contributed by atoms with Crippen LogP contribution in [0.5, 0.6) is 5.75 Å². The van der Waals surface area contributed by atoms with Gasteiger partial charge in [0, 0.05) is 0 Å². The molecule has 0 bridgehead atoms. The minimum Gasteiger partial charge on any atom is -0.489 e. The molecule has 4 rings (SSSR count). The fraction of sp³-hybridized carbons (Fsp3) is 0.0417. The van der Waals surface area contributed by atoms with Crippen molar-refractivity contribution in [2.24, 2.45) is 5.10 Å². The number of anilines is 1. The van der Waals surface area contributed by atoms with Gasteiger partial charge in [-0.1, -0.05) is 72.3 Å². The first kappa shape index (κ1) is 20.4. The maximum Gasteiger partial charge on any atom is 0.292 e. The summed E-state index contributed by atoms with van der Waals surface area (Å²) in [5.41, 5.74) is 5.24. The summed E-state index contributed by atoms with van der Waals surface area (Å²) in [6.45, 7) is 0.485.